The van der Waals surface area contributed by atoms with Gasteiger partial charge in [0.05, 0.1) is 5.52 Å². The van der Waals surface area contributed by atoms with Gasteiger partial charge in [0.2, 0.25) is 0 Å². The average Bonchev–Trinajstić information content (AvgIpc) is 4.06. The van der Waals surface area contributed by atoms with E-state index in [0.29, 0.717) is 11.5 Å². The summed E-state index contributed by atoms with van der Waals surface area (Å²) in [6.07, 6.45) is 1.94. The van der Waals surface area contributed by atoms with Crippen LogP contribution in [0.2, 0.25) is 0 Å². The minimum Gasteiger partial charge on any atom is -0.509 e. The topological polar surface area (TPSA) is 33.5 Å². The van der Waals surface area contributed by atoms with Crippen LogP contribution in [0.4, 0.5) is 22.7 Å². The fraction of sp³-hybridized carbons (Fsp3) is 0.0645. The number of hydrogen-bond acceptors (Lipinski definition) is 5. The first-order valence-corrected chi connectivity index (χ1v) is 23.8. The van der Waals surface area contributed by atoms with E-state index in [4.69, 9.17) is 9.72 Å². The van der Waals surface area contributed by atoms with Crippen molar-refractivity contribution in [3.63, 3.8) is 0 Å². The molecule has 3 aromatic heterocycles. The third-order valence-corrected chi connectivity index (χ3v) is 14.5. The fourth-order valence-corrected chi connectivity index (χ4v) is 11.4. The van der Waals surface area contributed by atoms with Crippen molar-refractivity contribution in [3.8, 4) is 39.6 Å². The molecular formula is C62H43N4OPtS-3. The third-order valence-electron chi connectivity index (χ3n) is 13.3. The monoisotopic (exact) mass is 1090 g/mol. The number of ether oxygens (including phenoxy) is 1. The summed E-state index contributed by atoms with van der Waals surface area (Å²) in [6, 6.07) is 76.1. The number of aromatic nitrogens is 2. The molecule has 5 nitrogen and oxygen atoms in total. The molecular weight excluding hydrogens is 1040 g/mol. The van der Waals surface area contributed by atoms with Crippen LogP contribution in [0.25, 0.3) is 80.8 Å². The first kappa shape index (κ1) is 42.8. The molecule has 69 heavy (non-hydrogen) atoms. The molecule has 0 atom stereocenters. The van der Waals surface area contributed by atoms with Gasteiger partial charge in [0.15, 0.2) is 0 Å². The van der Waals surface area contributed by atoms with E-state index in [9.17, 15) is 0 Å². The van der Waals surface area contributed by atoms with Crippen LogP contribution in [0.3, 0.4) is 0 Å². The second-order valence-electron chi connectivity index (χ2n) is 18.4. The van der Waals surface area contributed by atoms with E-state index in [0.717, 1.165) is 67.2 Å². The Morgan fingerprint density at radius 1 is 0.536 bits per heavy atom. The van der Waals surface area contributed by atoms with Gasteiger partial charge in [0.25, 0.3) is 0 Å². The van der Waals surface area contributed by atoms with Crippen LogP contribution in [0.1, 0.15) is 26.3 Å². The van der Waals surface area contributed by atoms with Crippen LogP contribution in [0.5, 0.6) is 11.5 Å². The van der Waals surface area contributed by atoms with Gasteiger partial charge in [-0.05, 0) is 62.5 Å². The Kier molecular flexibility index (Phi) is 10.5. The van der Waals surface area contributed by atoms with Crippen LogP contribution < -0.4 is 14.5 Å². The van der Waals surface area contributed by atoms with Crippen molar-refractivity contribution in [2.24, 2.45) is 0 Å². The number of para-hydroxylation sites is 3. The zero-order valence-electron chi connectivity index (χ0n) is 38.1. The summed E-state index contributed by atoms with van der Waals surface area (Å²) in [4.78, 5) is 9.60. The molecule has 0 fully saturated rings. The summed E-state index contributed by atoms with van der Waals surface area (Å²) in [7, 11) is 0. The molecule has 0 aliphatic carbocycles. The standard InChI is InChI=1S/C62H43N4OS.Pt/c1-62(2,3)42-34-35-63-56(36-42)66-55-38-45(32-33-52(55)61-59(66)57-50-26-12-10-24-48(50)49-25-11-13-27-51(49)60(57)68-61)67-44-23-16-22-43(37-44)64-39-65(54-31-15-14-30-53(54)64)58-46(40-18-6-4-7-19-40)28-17-29-47(58)41-20-8-5-9-21-41;/h4-36,39H,1-3H3;/q-3;. The van der Waals surface area contributed by atoms with Crippen LogP contribution in [0, 0.1) is 18.8 Å². The van der Waals surface area contributed by atoms with Gasteiger partial charge in [-0.3, -0.25) is 0 Å². The van der Waals surface area contributed by atoms with Crippen molar-refractivity contribution < 1.29 is 25.8 Å². The molecule has 12 aromatic rings. The number of fused-ring (bicyclic) bond motifs is 11. The largest absolute Gasteiger partial charge is 0.509 e. The zero-order valence-corrected chi connectivity index (χ0v) is 41.1. The van der Waals surface area contributed by atoms with Crippen molar-refractivity contribution >= 4 is 86.8 Å². The Bertz CT molecular complexity index is 3870. The Hall–Kier alpha value is -7.50. The summed E-state index contributed by atoms with van der Waals surface area (Å²) in [5.41, 5.74) is 11.9. The second-order valence-corrected chi connectivity index (χ2v) is 19.4. The smallest absolute Gasteiger partial charge is 0.135 e. The van der Waals surface area contributed by atoms with E-state index < -0.39 is 0 Å². The maximum atomic E-state index is 6.80. The summed E-state index contributed by atoms with van der Waals surface area (Å²) >= 11 is 1.85. The normalized spacial score (nSPS) is 12.6. The number of rotatable bonds is 7. The van der Waals surface area contributed by atoms with Gasteiger partial charge in [0.1, 0.15) is 5.82 Å². The maximum absolute atomic E-state index is 6.80. The first-order valence-electron chi connectivity index (χ1n) is 23.0. The second kappa shape index (κ2) is 16.9. The minimum absolute atomic E-state index is 0. The Morgan fingerprint density at radius 2 is 1.13 bits per heavy atom. The van der Waals surface area contributed by atoms with Crippen LogP contribution in [-0.2, 0) is 26.5 Å². The molecule has 1 aliphatic heterocycles. The van der Waals surface area contributed by atoms with E-state index in [2.05, 4.69) is 230 Å². The van der Waals surface area contributed by atoms with Crippen molar-refractivity contribution in [3.05, 3.63) is 225 Å². The third kappa shape index (κ3) is 7.12. The summed E-state index contributed by atoms with van der Waals surface area (Å²) in [5, 5.41) is 7.33. The quantitative estimate of drug-likeness (QED) is 0.118. The van der Waals surface area contributed by atoms with Gasteiger partial charge in [-0.2, -0.15) is 12.1 Å². The van der Waals surface area contributed by atoms with Gasteiger partial charge in [-0.15, -0.1) is 54.0 Å². The average molecular weight is 1090 g/mol. The van der Waals surface area contributed by atoms with Gasteiger partial charge >= 0.3 is 0 Å². The van der Waals surface area contributed by atoms with Crippen molar-refractivity contribution in [2.45, 2.75) is 26.2 Å². The predicted octanol–water partition coefficient (Wildman–Crippen LogP) is 17.1. The molecule has 0 radical (unpaired) electrons. The van der Waals surface area contributed by atoms with E-state index >= 15 is 0 Å². The van der Waals surface area contributed by atoms with E-state index in [1.807, 2.05) is 35.7 Å². The van der Waals surface area contributed by atoms with Gasteiger partial charge in [0, 0.05) is 87.1 Å². The van der Waals surface area contributed by atoms with Crippen LogP contribution in [0.15, 0.2) is 200 Å². The Balaban J connectivity index is 0.00000492. The molecule has 0 spiro atoms. The summed E-state index contributed by atoms with van der Waals surface area (Å²) in [6.45, 7) is 8.93. The molecule has 1 aliphatic rings. The molecule has 0 saturated carbocycles. The fourth-order valence-electron chi connectivity index (χ4n) is 10.1. The summed E-state index contributed by atoms with van der Waals surface area (Å²) in [5.74, 6) is 2.04. The minimum atomic E-state index is -0.0714. The van der Waals surface area contributed by atoms with Crippen molar-refractivity contribution in [1.29, 1.82) is 0 Å². The number of pyridine rings is 1. The first-order chi connectivity index (χ1) is 33.4. The van der Waals surface area contributed by atoms with Crippen LogP contribution >= 0.6 is 11.3 Å². The number of anilines is 4. The molecule has 336 valence electrons. The molecule has 4 heterocycles. The van der Waals surface area contributed by atoms with Gasteiger partial charge in [-0.25, -0.2) is 4.98 Å². The van der Waals surface area contributed by atoms with Crippen molar-refractivity contribution in [2.75, 3.05) is 9.80 Å². The molecule has 9 aromatic carbocycles. The van der Waals surface area contributed by atoms with Crippen LogP contribution in [-0.4, -0.2) is 9.55 Å². The number of hydrogen-bond donors (Lipinski definition) is 0. The molecule has 0 amide bonds. The molecule has 0 N–H and O–H groups in total. The van der Waals surface area contributed by atoms with Gasteiger partial charge in [-0.1, -0.05) is 171 Å². The van der Waals surface area contributed by atoms with E-state index in [1.54, 1.807) is 0 Å². The Labute approximate surface area is 419 Å². The molecule has 0 saturated heterocycles. The van der Waals surface area contributed by atoms with Crippen molar-refractivity contribution in [1.82, 2.24) is 9.55 Å². The van der Waals surface area contributed by atoms with E-state index in [-0.39, 0.29) is 26.5 Å². The molecule has 0 unspecified atom stereocenters. The number of thiophene rings is 1. The Morgan fingerprint density at radius 3 is 1.83 bits per heavy atom. The summed E-state index contributed by atoms with van der Waals surface area (Å²) < 4.78 is 11.6. The zero-order chi connectivity index (χ0) is 45.5. The SMILES string of the molecule is CC(C)(C)c1ccnc(-n2c3[c-]c(Oc4[c-]c(N5[CH-]N(c6c(-c7ccccc7)cccc6-c6ccccc6)c6ccccc65)ccc4)ccc3c3sc4c5ccccc5c5ccccc5c4c32)c1.[Pt]. The van der Waals surface area contributed by atoms with E-state index in [1.165, 1.54) is 41.9 Å². The maximum Gasteiger partial charge on any atom is 0.135 e. The molecule has 7 heteroatoms. The predicted molar refractivity (Wildman–Crippen MR) is 284 cm³/mol. The number of benzene rings is 9. The van der Waals surface area contributed by atoms with Gasteiger partial charge < -0.3 is 19.1 Å². The number of nitrogens with zero attached hydrogens (tertiary/aromatic N) is 4. The molecule has 13 rings (SSSR count). The molecule has 0 bridgehead atoms.